The van der Waals surface area contributed by atoms with E-state index in [1.807, 2.05) is 30.3 Å². The van der Waals surface area contributed by atoms with Gasteiger partial charge in [0.05, 0.1) is 13.5 Å². The maximum atomic E-state index is 12.4. The molecule has 0 spiro atoms. The highest BCUT2D eigenvalue weighted by Gasteiger charge is 2.12. The lowest BCUT2D eigenvalue weighted by Gasteiger charge is -2.11. The average Bonchev–Trinajstić information content (AvgIpc) is 2.57. The summed E-state index contributed by atoms with van der Waals surface area (Å²) < 4.78 is 4.69. The summed E-state index contributed by atoms with van der Waals surface area (Å²) in [6.07, 6.45) is 0.124. The first-order chi connectivity index (χ1) is 11.1. The minimum absolute atomic E-state index is 0.124. The highest BCUT2D eigenvalue weighted by Crippen LogP contribution is 2.21. The maximum absolute atomic E-state index is 12.4. The first kappa shape index (κ1) is 17.1. The van der Waals surface area contributed by atoms with Crippen molar-refractivity contribution in [3.8, 4) is 0 Å². The number of anilines is 1. The van der Waals surface area contributed by atoms with Crippen molar-refractivity contribution < 1.29 is 14.3 Å². The zero-order chi connectivity index (χ0) is 16.7. The summed E-state index contributed by atoms with van der Waals surface area (Å²) in [6.45, 7) is 2.07. The third kappa shape index (κ3) is 4.86. The van der Waals surface area contributed by atoms with Gasteiger partial charge in [0.2, 0.25) is 0 Å². The van der Waals surface area contributed by atoms with Crippen LogP contribution in [-0.4, -0.2) is 24.7 Å². The minimum Gasteiger partial charge on any atom is -0.469 e. The van der Waals surface area contributed by atoms with Crippen molar-refractivity contribution in [2.24, 2.45) is 0 Å². The molecule has 0 aliphatic carbocycles. The molecule has 0 saturated carbocycles. The molecule has 0 saturated heterocycles. The Morgan fingerprint density at radius 1 is 1.13 bits per heavy atom. The number of benzene rings is 2. The van der Waals surface area contributed by atoms with Crippen molar-refractivity contribution in [3.05, 3.63) is 59.7 Å². The van der Waals surface area contributed by atoms with E-state index in [1.165, 1.54) is 7.11 Å². The van der Waals surface area contributed by atoms with Gasteiger partial charge in [0.1, 0.15) is 0 Å². The Morgan fingerprint density at radius 3 is 2.65 bits per heavy atom. The summed E-state index contributed by atoms with van der Waals surface area (Å²) in [7, 11) is 1.35. The van der Waals surface area contributed by atoms with Crippen LogP contribution < -0.4 is 5.32 Å². The fourth-order valence-corrected chi connectivity index (χ4v) is 2.83. The highest BCUT2D eigenvalue weighted by molar-refractivity contribution is 7.99. The average molecular weight is 329 g/mol. The second-order valence-electron chi connectivity index (χ2n) is 4.83. The molecule has 0 aromatic heterocycles. The van der Waals surface area contributed by atoms with E-state index in [0.29, 0.717) is 11.3 Å². The molecule has 2 aromatic rings. The topological polar surface area (TPSA) is 55.4 Å². The van der Waals surface area contributed by atoms with Crippen LogP contribution in [0.3, 0.4) is 0 Å². The van der Waals surface area contributed by atoms with E-state index in [2.05, 4.69) is 17.0 Å². The Hall–Kier alpha value is -2.27. The lowest BCUT2D eigenvalue weighted by Crippen LogP contribution is -2.15. The monoisotopic (exact) mass is 329 g/mol. The van der Waals surface area contributed by atoms with E-state index in [0.717, 1.165) is 16.2 Å². The van der Waals surface area contributed by atoms with Gasteiger partial charge in [-0.25, -0.2) is 0 Å². The zero-order valence-electron chi connectivity index (χ0n) is 13.2. The Labute approximate surface area is 140 Å². The van der Waals surface area contributed by atoms with Crippen LogP contribution in [-0.2, 0) is 16.0 Å². The molecule has 0 fully saturated rings. The molecule has 0 heterocycles. The first-order valence-electron chi connectivity index (χ1n) is 7.33. The molecule has 2 aromatic carbocycles. The molecule has 5 heteroatoms. The standard InChI is InChI=1S/C18H19NO3S/c1-3-23-15-9-6-8-14(11-15)18(21)19-16-10-5-4-7-13(16)12-17(20)22-2/h4-11H,3,12H2,1-2H3,(H,19,21). The zero-order valence-corrected chi connectivity index (χ0v) is 14.0. The summed E-state index contributed by atoms with van der Waals surface area (Å²) in [5.41, 5.74) is 1.94. The van der Waals surface area contributed by atoms with Crippen molar-refractivity contribution in [2.75, 3.05) is 18.2 Å². The number of rotatable bonds is 6. The number of amides is 1. The summed E-state index contributed by atoms with van der Waals surface area (Å²) in [5, 5.41) is 2.87. The Bertz CT molecular complexity index is 700. The first-order valence-corrected chi connectivity index (χ1v) is 8.31. The number of hydrogen-bond donors (Lipinski definition) is 1. The van der Waals surface area contributed by atoms with Gasteiger partial charge in [-0.3, -0.25) is 9.59 Å². The Morgan fingerprint density at radius 2 is 1.91 bits per heavy atom. The number of ether oxygens (including phenoxy) is 1. The van der Waals surface area contributed by atoms with Crippen molar-refractivity contribution in [2.45, 2.75) is 18.2 Å². The molecule has 4 nitrogen and oxygen atoms in total. The van der Waals surface area contributed by atoms with Crippen molar-refractivity contribution in [3.63, 3.8) is 0 Å². The molecular formula is C18H19NO3S. The molecule has 0 radical (unpaired) electrons. The van der Waals surface area contributed by atoms with Crippen LogP contribution in [0.2, 0.25) is 0 Å². The van der Waals surface area contributed by atoms with Crippen LogP contribution in [0.4, 0.5) is 5.69 Å². The lowest BCUT2D eigenvalue weighted by atomic mass is 10.1. The third-order valence-electron chi connectivity index (χ3n) is 3.24. The predicted octanol–water partition coefficient (Wildman–Crippen LogP) is 3.77. The van der Waals surface area contributed by atoms with Crippen LogP contribution in [0.1, 0.15) is 22.8 Å². The van der Waals surface area contributed by atoms with E-state index in [1.54, 1.807) is 30.0 Å². The number of para-hydroxylation sites is 1. The van der Waals surface area contributed by atoms with Gasteiger partial charge in [0, 0.05) is 16.1 Å². The number of esters is 1. The van der Waals surface area contributed by atoms with Crippen molar-refractivity contribution in [1.82, 2.24) is 0 Å². The Balaban J connectivity index is 2.17. The molecule has 0 bridgehead atoms. The maximum Gasteiger partial charge on any atom is 0.310 e. The van der Waals surface area contributed by atoms with Crippen LogP contribution in [0, 0.1) is 0 Å². The normalized spacial score (nSPS) is 10.2. The molecule has 1 N–H and O–H groups in total. The predicted molar refractivity (Wildman–Crippen MR) is 93.0 cm³/mol. The largest absolute Gasteiger partial charge is 0.469 e. The van der Waals surface area contributed by atoms with Crippen LogP contribution >= 0.6 is 11.8 Å². The van der Waals surface area contributed by atoms with Crippen molar-refractivity contribution >= 4 is 29.3 Å². The van der Waals surface area contributed by atoms with Crippen LogP contribution in [0.5, 0.6) is 0 Å². The highest BCUT2D eigenvalue weighted by atomic mass is 32.2. The van der Waals surface area contributed by atoms with E-state index in [-0.39, 0.29) is 18.3 Å². The number of thioether (sulfide) groups is 1. The van der Waals surface area contributed by atoms with Crippen LogP contribution in [0.25, 0.3) is 0 Å². The van der Waals surface area contributed by atoms with Gasteiger partial charge < -0.3 is 10.1 Å². The van der Waals surface area contributed by atoms with E-state index < -0.39 is 0 Å². The van der Waals surface area contributed by atoms with Crippen molar-refractivity contribution in [1.29, 1.82) is 0 Å². The molecule has 1 amide bonds. The molecule has 120 valence electrons. The number of methoxy groups -OCH3 is 1. The van der Waals surface area contributed by atoms with Crippen LogP contribution in [0.15, 0.2) is 53.4 Å². The molecular weight excluding hydrogens is 310 g/mol. The van der Waals surface area contributed by atoms with E-state index in [9.17, 15) is 9.59 Å². The number of carbonyl (C=O) groups is 2. The molecule has 0 aliphatic rings. The fraction of sp³-hybridized carbons (Fsp3) is 0.222. The van der Waals surface area contributed by atoms with Gasteiger partial charge in [0.25, 0.3) is 5.91 Å². The molecule has 23 heavy (non-hydrogen) atoms. The van der Waals surface area contributed by atoms with Gasteiger partial charge in [-0.15, -0.1) is 11.8 Å². The summed E-state index contributed by atoms with van der Waals surface area (Å²) in [6, 6.07) is 14.7. The molecule has 0 unspecified atom stereocenters. The number of carbonyl (C=O) groups excluding carboxylic acids is 2. The second-order valence-corrected chi connectivity index (χ2v) is 6.16. The Kier molecular flexibility index (Phi) is 6.23. The lowest BCUT2D eigenvalue weighted by molar-refractivity contribution is -0.139. The second kappa shape index (κ2) is 8.39. The number of hydrogen-bond acceptors (Lipinski definition) is 4. The summed E-state index contributed by atoms with van der Waals surface area (Å²) in [4.78, 5) is 25.0. The van der Waals surface area contributed by atoms with Gasteiger partial charge in [0.15, 0.2) is 0 Å². The van der Waals surface area contributed by atoms with Gasteiger partial charge in [-0.2, -0.15) is 0 Å². The summed E-state index contributed by atoms with van der Waals surface area (Å²) in [5.74, 6) is 0.418. The van der Waals surface area contributed by atoms with Gasteiger partial charge in [-0.05, 0) is 35.6 Å². The van der Waals surface area contributed by atoms with Gasteiger partial charge in [-0.1, -0.05) is 31.2 Å². The van der Waals surface area contributed by atoms with Gasteiger partial charge >= 0.3 is 5.97 Å². The smallest absolute Gasteiger partial charge is 0.310 e. The molecule has 0 aliphatic heterocycles. The third-order valence-corrected chi connectivity index (χ3v) is 4.11. The fourth-order valence-electron chi connectivity index (χ4n) is 2.11. The van der Waals surface area contributed by atoms with E-state index >= 15 is 0 Å². The minimum atomic E-state index is -0.340. The number of nitrogens with one attached hydrogen (secondary N) is 1. The molecule has 2 rings (SSSR count). The SMILES string of the molecule is CCSc1cccc(C(=O)Nc2ccccc2CC(=O)OC)c1. The van der Waals surface area contributed by atoms with E-state index in [4.69, 9.17) is 0 Å². The summed E-state index contributed by atoms with van der Waals surface area (Å²) >= 11 is 1.69. The molecule has 0 atom stereocenters. The quantitative estimate of drug-likeness (QED) is 0.647.